The molecule has 1 aliphatic rings. The Morgan fingerprint density at radius 1 is 1.11 bits per heavy atom. The Bertz CT molecular complexity index is 685. The maximum absolute atomic E-state index is 13.2. The Kier molecular flexibility index (Phi) is 2.48. The number of amides is 1. The van der Waals surface area contributed by atoms with Crippen LogP contribution in [0.2, 0.25) is 0 Å². The second-order valence-electron chi connectivity index (χ2n) is 4.36. The van der Waals surface area contributed by atoms with Crippen LogP contribution in [0.3, 0.4) is 0 Å². The molecule has 1 heterocycles. The SMILES string of the molecule is Nc1cccc2c1CN(c1ccc(F)c(F)c1)C2=O. The number of rotatable bonds is 1. The summed E-state index contributed by atoms with van der Waals surface area (Å²) in [7, 11) is 0. The van der Waals surface area contributed by atoms with Gasteiger partial charge in [0.1, 0.15) is 0 Å². The quantitative estimate of drug-likeness (QED) is 0.801. The molecule has 2 aromatic rings. The van der Waals surface area contributed by atoms with E-state index >= 15 is 0 Å². The molecule has 5 heteroatoms. The molecule has 2 N–H and O–H groups in total. The van der Waals surface area contributed by atoms with Gasteiger partial charge in [0.15, 0.2) is 11.6 Å². The molecule has 0 saturated carbocycles. The Morgan fingerprint density at radius 3 is 2.58 bits per heavy atom. The topological polar surface area (TPSA) is 46.3 Å². The number of fused-ring (bicyclic) bond motifs is 1. The summed E-state index contributed by atoms with van der Waals surface area (Å²) in [5.41, 5.74) is 7.88. The molecule has 0 unspecified atom stereocenters. The Hall–Kier alpha value is -2.43. The zero-order valence-electron chi connectivity index (χ0n) is 9.86. The standard InChI is InChI=1S/C14H10F2N2O/c15-11-5-4-8(6-12(11)16)18-7-10-9(14(18)19)2-1-3-13(10)17/h1-6H,7,17H2. The number of carbonyl (C=O) groups excluding carboxylic acids is 1. The largest absolute Gasteiger partial charge is 0.398 e. The van der Waals surface area contributed by atoms with Gasteiger partial charge in [-0.2, -0.15) is 0 Å². The summed E-state index contributed by atoms with van der Waals surface area (Å²) in [5.74, 6) is -2.17. The van der Waals surface area contributed by atoms with E-state index in [1.165, 1.54) is 11.0 Å². The molecule has 96 valence electrons. The molecule has 2 aromatic carbocycles. The number of halogens is 2. The fraction of sp³-hybridized carbons (Fsp3) is 0.0714. The highest BCUT2D eigenvalue weighted by molar-refractivity contribution is 6.11. The summed E-state index contributed by atoms with van der Waals surface area (Å²) in [6.45, 7) is 0.270. The van der Waals surface area contributed by atoms with Crippen LogP contribution in [0, 0.1) is 11.6 Å². The monoisotopic (exact) mass is 260 g/mol. The van der Waals surface area contributed by atoms with Gasteiger partial charge in [0.05, 0.1) is 6.54 Å². The van der Waals surface area contributed by atoms with E-state index in [0.29, 0.717) is 16.9 Å². The minimum Gasteiger partial charge on any atom is -0.398 e. The van der Waals surface area contributed by atoms with Crippen molar-refractivity contribution in [3.05, 3.63) is 59.2 Å². The fourth-order valence-electron chi connectivity index (χ4n) is 2.22. The van der Waals surface area contributed by atoms with Crippen LogP contribution in [0.1, 0.15) is 15.9 Å². The summed E-state index contributed by atoms with van der Waals surface area (Å²) < 4.78 is 26.1. The number of nitrogens with zero attached hydrogens (tertiary/aromatic N) is 1. The Labute approximate surface area is 108 Å². The molecule has 0 saturated heterocycles. The maximum atomic E-state index is 13.2. The predicted octanol–water partition coefficient (Wildman–Crippen LogP) is 2.71. The van der Waals surface area contributed by atoms with Crippen LogP contribution in [0.4, 0.5) is 20.2 Å². The number of anilines is 2. The molecule has 0 bridgehead atoms. The highest BCUT2D eigenvalue weighted by Crippen LogP contribution is 2.31. The first-order valence-electron chi connectivity index (χ1n) is 5.72. The molecule has 0 fully saturated rings. The average molecular weight is 260 g/mol. The van der Waals surface area contributed by atoms with Gasteiger partial charge in [-0.15, -0.1) is 0 Å². The lowest BCUT2D eigenvalue weighted by atomic mass is 10.1. The van der Waals surface area contributed by atoms with Gasteiger partial charge in [0.25, 0.3) is 5.91 Å². The van der Waals surface area contributed by atoms with Crippen LogP contribution in [0.5, 0.6) is 0 Å². The van der Waals surface area contributed by atoms with Crippen molar-refractivity contribution in [1.29, 1.82) is 0 Å². The maximum Gasteiger partial charge on any atom is 0.259 e. The Morgan fingerprint density at radius 2 is 1.89 bits per heavy atom. The van der Waals surface area contributed by atoms with Crippen LogP contribution < -0.4 is 10.6 Å². The summed E-state index contributed by atoms with van der Waals surface area (Å²) in [5, 5.41) is 0. The highest BCUT2D eigenvalue weighted by Gasteiger charge is 2.30. The van der Waals surface area contributed by atoms with E-state index in [1.807, 2.05) is 0 Å². The van der Waals surface area contributed by atoms with Crippen molar-refractivity contribution in [3.63, 3.8) is 0 Å². The molecule has 3 nitrogen and oxygen atoms in total. The van der Waals surface area contributed by atoms with E-state index in [0.717, 1.165) is 17.7 Å². The van der Waals surface area contributed by atoms with Gasteiger partial charge in [0, 0.05) is 28.6 Å². The van der Waals surface area contributed by atoms with Crippen LogP contribution in [0.15, 0.2) is 36.4 Å². The average Bonchev–Trinajstić information content (AvgIpc) is 2.72. The van der Waals surface area contributed by atoms with Crippen LogP contribution in [-0.2, 0) is 6.54 Å². The lowest BCUT2D eigenvalue weighted by molar-refractivity contribution is 0.0996. The summed E-state index contributed by atoms with van der Waals surface area (Å²) in [4.78, 5) is 13.6. The van der Waals surface area contributed by atoms with Crippen molar-refractivity contribution in [2.75, 3.05) is 10.6 Å². The molecule has 3 rings (SSSR count). The number of hydrogen-bond donors (Lipinski definition) is 1. The van der Waals surface area contributed by atoms with Gasteiger partial charge in [-0.05, 0) is 24.3 Å². The van der Waals surface area contributed by atoms with Gasteiger partial charge in [-0.1, -0.05) is 6.07 Å². The normalized spacial score (nSPS) is 13.8. The third kappa shape index (κ3) is 1.74. The van der Waals surface area contributed by atoms with Crippen molar-refractivity contribution in [2.24, 2.45) is 0 Å². The highest BCUT2D eigenvalue weighted by atomic mass is 19.2. The zero-order chi connectivity index (χ0) is 13.6. The van der Waals surface area contributed by atoms with Crippen LogP contribution in [-0.4, -0.2) is 5.91 Å². The smallest absolute Gasteiger partial charge is 0.259 e. The van der Waals surface area contributed by atoms with Gasteiger partial charge in [0.2, 0.25) is 0 Å². The van der Waals surface area contributed by atoms with Crippen LogP contribution >= 0.6 is 0 Å². The van der Waals surface area contributed by atoms with Crippen LogP contribution in [0.25, 0.3) is 0 Å². The van der Waals surface area contributed by atoms with Gasteiger partial charge < -0.3 is 10.6 Å². The number of benzene rings is 2. The summed E-state index contributed by atoms with van der Waals surface area (Å²) in [6.07, 6.45) is 0. The minimum absolute atomic E-state index is 0.256. The van der Waals surface area contributed by atoms with Gasteiger partial charge in [-0.3, -0.25) is 4.79 Å². The Balaban J connectivity index is 2.04. The van der Waals surface area contributed by atoms with E-state index in [4.69, 9.17) is 5.73 Å². The lowest BCUT2D eigenvalue weighted by Gasteiger charge is -2.15. The minimum atomic E-state index is -0.978. The van der Waals surface area contributed by atoms with E-state index in [2.05, 4.69) is 0 Å². The third-order valence-corrected chi connectivity index (χ3v) is 3.22. The van der Waals surface area contributed by atoms with Crippen molar-refractivity contribution < 1.29 is 13.6 Å². The van der Waals surface area contributed by atoms with Crippen molar-refractivity contribution in [1.82, 2.24) is 0 Å². The van der Waals surface area contributed by atoms with Crippen molar-refractivity contribution in [2.45, 2.75) is 6.54 Å². The first kappa shape index (κ1) is 11.6. The second kappa shape index (κ2) is 4.05. The molecule has 0 radical (unpaired) electrons. The van der Waals surface area contributed by atoms with E-state index in [-0.39, 0.29) is 12.5 Å². The molecular formula is C14H10F2N2O. The fourth-order valence-corrected chi connectivity index (χ4v) is 2.22. The summed E-state index contributed by atoms with van der Waals surface area (Å²) in [6, 6.07) is 8.47. The van der Waals surface area contributed by atoms with Gasteiger partial charge in [-0.25, -0.2) is 8.78 Å². The molecule has 1 aliphatic heterocycles. The molecule has 1 amide bonds. The first-order valence-corrected chi connectivity index (χ1v) is 5.72. The molecule has 0 aliphatic carbocycles. The van der Waals surface area contributed by atoms with Gasteiger partial charge >= 0.3 is 0 Å². The van der Waals surface area contributed by atoms with E-state index < -0.39 is 11.6 Å². The number of carbonyl (C=O) groups is 1. The molecule has 0 aromatic heterocycles. The molecular weight excluding hydrogens is 250 g/mol. The first-order chi connectivity index (χ1) is 9.08. The number of nitrogens with two attached hydrogens (primary N) is 1. The van der Waals surface area contributed by atoms with Crippen molar-refractivity contribution in [3.8, 4) is 0 Å². The number of nitrogen functional groups attached to an aromatic ring is 1. The third-order valence-electron chi connectivity index (χ3n) is 3.22. The van der Waals surface area contributed by atoms with E-state index in [1.54, 1.807) is 18.2 Å². The second-order valence-corrected chi connectivity index (χ2v) is 4.36. The molecule has 19 heavy (non-hydrogen) atoms. The number of hydrogen-bond acceptors (Lipinski definition) is 2. The zero-order valence-corrected chi connectivity index (χ0v) is 9.86. The van der Waals surface area contributed by atoms with Crippen molar-refractivity contribution >= 4 is 17.3 Å². The van der Waals surface area contributed by atoms with E-state index in [9.17, 15) is 13.6 Å². The predicted molar refractivity (Wildman–Crippen MR) is 67.7 cm³/mol. The lowest BCUT2D eigenvalue weighted by Crippen LogP contribution is -2.23. The molecule has 0 atom stereocenters. The molecule has 0 spiro atoms. The summed E-state index contributed by atoms with van der Waals surface area (Å²) >= 11 is 0.